The summed E-state index contributed by atoms with van der Waals surface area (Å²) in [6.45, 7) is 0. The Morgan fingerprint density at radius 2 is 0.767 bits per heavy atom. The van der Waals surface area contributed by atoms with Gasteiger partial charge in [0.05, 0.1) is 0 Å². The summed E-state index contributed by atoms with van der Waals surface area (Å²) in [4.78, 5) is 0. The number of benzene rings is 3. The smallest absolute Gasteiger partial charge is 0.279 e. The summed E-state index contributed by atoms with van der Waals surface area (Å²) < 4.78 is 57.5. The molecule has 0 fully saturated rings. The normalized spacial score (nSPS) is 9.83. The molecule has 3 aromatic rings. The van der Waals surface area contributed by atoms with Gasteiger partial charge in [0.25, 0.3) is 0 Å². The third-order valence-electron chi connectivity index (χ3n) is 2.49. The van der Waals surface area contributed by atoms with Gasteiger partial charge >= 0.3 is 15.6 Å². The van der Waals surface area contributed by atoms with Crippen LogP contribution in [0.1, 0.15) is 0 Å². The number of hydrogen-bond donors (Lipinski definition) is 1. The van der Waals surface area contributed by atoms with Gasteiger partial charge in [0, 0.05) is 15.1 Å². The predicted octanol–water partition coefficient (Wildman–Crippen LogP) is 7.53. The van der Waals surface area contributed by atoms with E-state index in [9.17, 15) is 13.2 Å². The molecule has 0 radical (unpaired) electrons. The highest BCUT2D eigenvalue weighted by Gasteiger charge is 2.44. The van der Waals surface area contributed by atoms with E-state index in [1.54, 1.807) is 0 Å². The van der Waals surface area contributed by atoms with Gasteiger partial charge in [-0.1, -0.05) is 89.4 Å². The van der Waals surface area contributed by atoms with Gasteiger partial charge in [0.1, 0.15) is 0 Å². The predicted molar refractivity (Wildman–Crippen MR) is 122 cm³/mol. The summed E-state index contributed by atoms with van der Waals surface area (Å²) >= 11 is 16.6. The molecule has 3 rings (SSSR count). The lowest BCUT2D eigenvalue weighted by Crippen LogP contribution is -2.21. The number of hydrogen-bond acceptors (Lipinski definition) is 2. The third-order valence-corrected chi connectivity index (χ3v) is 3.83. The molecular formula is C19H18Cl3F3O3S2. The zero-order chi connectivity index (χ0) is 22.3. The molecule has 11 heteroatoms. The van der Waals surface area contributed by atoms with Gasteiger partial charge in [-0.05, 0) is 36.4 Å². The van der Waals surface area contributed by atoms with Crippen LogP contribution in [0.3, 0.4) is 0 Å². The van der Waals surface area contributed by atoms with Crippen molar-refractivity contribution >= 4 is 58.4 Å². The van der Waals surface area contributed by atoms with Crippen LogP contribution in [0.4, 0.5) is 13.2 Å². The molecule has 0 bridgehead atoms. The Kier molecular flexibility index (Phi) is 16.7. The number of alkyl halides is 3. The Balaban J connectivity index is 0. The second-order valence-corrected chi connectivity index (χ2v) is 7.53. The van der Waals surface area contributed by atoms with Gasteiger partial charge < -0.3 is 0 Å². The summed E-state index contributed by atoms with van der Waals surface area (Å²) in [7, 11) is -5.84. The molecule has 3 aromatic carbocycles. The third kappa shape index (κ3) is 17.4. The minimum Gasteiger partial charge on any atom is -0.279 e. The van der Waals surface area contributed by atoms with Gasteiger partial charge in [-0.15, -0.1) is 0 Å². The molecule has 0 unspecified atom stereocenters. The number of halogens is 6. The lowest BCUT2D eigenvalue weighted by Gasteiger charge is -1.97. The second-order valence-electron chi connectivity index (χ2n) is 4.81. The zero-order valence-corrected chi connectivity index (χ0v) is 19.2. The van der Waals surface area contributed by atoms with Crippen molar-refractivity contribution in [3.63, 3.8) is 0 Å². The molecule has 0 aliphatic heterocycles. The molecule has 1 N–H and O–H groups in total. The zero-order valence-electron chi connectivity index (χ0n) is 15.1. The molecule has 3 nitrogen and oxygen atoms in total. The first-order valence-electron chi connectivity index (χ1n) is 7.59. The van der Waals surface area contributed by atoms with Gasteiger partial charge in [-0.25, -0.2) is 0 Å². The maximum absolute atomic E-state index is 10.7. The summed E-state index contributed by atoms with van der Waals surface area (Å²) in [6.07, 6.45) is 0. The molecule has 0 atom stereocenters. The van der Waals surface area contributed by atoms with Crippen molar-refractivity contribution in [2.45, 2.75) is 5.51 Å². The highest BCUT2D eigenvalue weighted by atomic mass is 35.5. The van der Waals surface area contributed by atoms with E-state index in [1.807, 2.05) is 91.0 Å². The van der Waals surface area contributed by atoms with Gasteiger partial charge in [-0.2, -0.15) is 35.1 Å². The van der Waals surface area contributed by atoms with Gasteiger partial charge in [-0.3, -0.25) is 4.55 Å². The molecule has 0 amide bonds. The highest BCUT2D eigenvalue weighted by Crippen LogP contribution is 2.20. The van der Waals surface area contributed by atoms with Crippen molar-refractivity contribution in [2.75, 3.05) is 0 Å². The van der Waals surface area contributed by atoms with Crippen molar-refractivity contribution in [1.29, 1.82) is 0 Å². The lowest BCUT2D eigenvalue weighted by molar-refractivity contribution is -0.0510. The van der Waals surface area contributed by atoms with Crippen LogP contribution >= 0.6 is 48.3 Å². The van der Waals surface area contributed by atoms with Crippen molar-refractivity contribution in [1.82, 2.24) is 0 Å². The van der Waals surface area contributed by atoms with E-state index >= 15 is 0 Å². The van der Waals surface area contributed by atoms with Crippen LogP contribution in [0, 0.1) is 0 Å². The molecule has 30 heavy (non-hydrogen) atoms. The Morgan fingerprint density at radius 3 is 0.833 bits per heavy atom. The summed E-state index contributed by atoms with van der Waals surface area (Å²) in [6, 6.07) is 28.3. The fraction of sp³-hybridized carbons (Fsp3) is 0.0526. The van der Waals surface area contributed by atoms with Crippen LogP contribution in [0.15, 0.2) is 91.0 Å². The van der Waals surface area contributed by atoms with E-state index in [1.165, 1.54) is 0 Å². The SMILES string of the molecule is Clc1ccccc1.Clc1ccccc1.Clc1ccccc1.O=S(=O)(O)C(F)(F)F.S. The Bertz CT molecular complexity index is 809. The van der Waals surface area contributed by atoms with Crippen LogP contribution in [-0.4, -0.2) is 18.5 Å². The average Bonchev–Trinajstić information content (AvgIpc) is 2.64. The Labute approximate surface area is 195 Å². The maximum atomic E-state index is 10.7. The highest BCUT2D eigenvalue weighted by molar-refractivity contribution is 7.86. The minimum atomic E-state index is -5.84. The molecule has 0 saturated heterocycles. The van der Waals surface area contributed by atoms with E-state index in [2.05, 4.69) is 0 Å². The first kappa shape index (κ1) is 30.8. The van der Waals surface area contributed by atoms with Crippen molar-refractivity contribution in [2.24, 2.45) is 0 Å². The second kappa shape index (κ2) is 16.3. The fourth-order valence-electron chi connectivity index (χ4n) is 1.24. The first-order chi connectivity index (χ1) is 13.4. The van der Waals surface area contributed by atoms with Crippen LogP contribution in [0.25, 0.3) is 0 Å². The van der Waals surface area contributed by atoms with E-state index in [0.717, 1.165) is 15.1 Å². The molecule has 0 aliphatic rings. The molecule has 0 saturated carbocycles. The van der Waals surface area contributed by atoms with E-state index in [-0.39, 0.29) is 13.5 Å². The van der Waals surface area contributed by atoms with Crippen molar-refractivity contribution < 1.29 is 26.1 Å². The van der Waals surface area contributed by atoms with Crippen molar-refractivity contribution in [3.8, 4) is 0 Å². The Morgan fingerprint density at radius 1 is 0.600 bits per heavy atom. The molecular weight excluding hydrogens is 504 g/mol. The van der Waals surface area contributed by atoms with Crippen LogP contribution in [0.5, 0.6) is 0 Å². The van der Waals surface area contributed by atoms with Gasteiger partial charge in [0.2, 0.25) is 0 Å². The first-order valence-corrected chi connectivity index (χ1v) is 10.2. The van der Waals surface area contributed by atoms with E-state index < -0.39 is 15.6 Å². The van der Waals surface area contributed by atoms with E-state index in [4.69, 9.17) is 47.8 Å². The molecule has 0 spiro atoms. The molecule has 0 aliphatic carbocycles. The summed E-state index contributed by atoms with van der Waals surface area (Å²) in [5, 5.41) is 2.38. The maximum Gasteiger partial charge on any atom is 0.522 e. The average molecular weight is 522 g/mol. The van der Waals surface area contributed by atoms with Crippen molar-refractivity contribution in [3.05, 3.63) is 106 Å². The monoisotopic (exact) mass is 520 g/mol. The standard InChI is InChI=1S/3C6H5Cl.CHF3O3S.H2S/c3*7-6-4-2-1-3-5-6;2-1(3,4)8(5,6)7;/h3*1-5H;(H,5,6,7);1H2. The fourth-order valence-corrected chi connectivity index (χ4v) is 1.68. The van der Waals surface area contributed by atoms with E-state index in [0.29, 0.717) is 0 Å². The van der Waals surface area contributed by atoms with Crippen LogP contribution < -0.4 is 0 Å². The largest absolute Gasteiger partial charge is 0.522 e. The summed E-state index contributed by atoms with van der Waals surface area (Å²) in [5.74, 6) is 0. The molecule has 0 aromatic heterocycles. The minimum absolute atomic E-state index is 0. The van der Waals surface area contributed by atoms with Gasteiger partial charge in [0.15, 0.2) is 0 Å². The lowest BCUT2D eigenvalue weighted by atomic mass is 10.4. The molecule has 0 heterocycles. The van der Waals surface area contributed by atoms with Crippen LogP contribution in [0.2, 0.25) is 15.1 Å². The Hall–Kier alpha value is -1.42. The van der Waals surface area contributed by atoms with Crippen LogP contribution in [-0.2, 0) is 10.1 Å². The summed E-state index contributed by atoms with van der Waals surface area (Å²) in [5.41, 5.74) is -5.53. The number of rotatable bonds is 0. The topological polar surface area (TPSA) is 54.4 Å². The molecule has 166 valence electrons. The quantitative estimate of drug-likeness (QED) is 0.246.